The summed E-state index contributed by atoms with van der Waals surface area (Å²) < 4.78 is 3.68. The molecule has 16 heteroatoms. The van der Waals surface area contributed by atoms with Crippen molar-refractivity contribution in [3.05, 3.63) is 80.6 Å². The molecule has 0 saturated carbocycles. The Balaban J connectivity index is -0.000000264. The van der Waals surface area contributed by atoms with Gasteiger partial charge in [0.05, 0.1) is 25.3 Å². The average Bonchev–Trinajstić information content (AvgIpc) is 2.70. The fourth-order valence-corrected chi connectivity index (χ4v) is 1.63. The van der Waals surface area contributed by atoms with Crippen LogP contribution < -0.4 is 5.56 Å². The van der Waals surface area contributed by atoms with Gasteiger partial charge in [0.2, 0.25) is 0 Å². The fourth-order valence-electron chi connectivity index (χ4n) is 0.900. The van der Waals surface area contributed by atoms with E-state index in [-0.39, 0.29) is 22.9 Å². The molecule has 23 heavy (non-hydrogen) atoms. The minimum Gasteiger partial charge on any atom is -0.356 e. The summed E-state index contributed by atoms with van der Waals surface area (Å²) in [5.41, 5.74) is 0.0144. The van der Waals surface area contributed by atoms with E-state index >= 15 is 0 Å². The second-order valence-electron chi connectivity index (χ2n) is 2.70. The van der Waals surface area contributed by atoms with Crippen LogP contribution in [0.3, 0.4) is 0 Å². The molecule has 125 valence electrons. The van der Waals surface area contributed by atoms with Crippen LogP contribution in [0.2, 0.25) is 0 Å². The summed E-state index contributed by atoms with van der Waals surface area (Å²) in [6, 6.07) is 7.54. The van der Waals surface area contributed by atoms with Crippen LogP contribution in [-0.2, 0) is 17.4 Å². The maximum Gasteiger partial charge on any atom is 3.00 e. The third-order valence-corrected chi connectivity index (χ3v) is 2.25. The van der Waals surface area contributed by atoms with Crippen molar-refractivity contribution in [3.63, 3.8) is 0 Å². The van der Waals surface area contributed by atoms with Crippen molar-refractivity contribution in [1.82, 2.24) is 4.37 Å². The van der Waals surface area contributed by atoms with Crippen molar-refractivity contribution in [2.75, 3.05) is 0 Å². The van der Waals surface area contributed by atoms with Crippen LogP contribution >= 0.6 is 11.5 Å². The van der Waals surface area contributed by atoms with Gasteiger partial charge in [0.15, 0.2) is 0 Å². The summed E-state index contributed by atoms with van der Waals surface area (Å²) in [6.45, 7) is 0. The zero-order valence-electron chi connectivity index (χ0n) is 10.6. The van der Waals surface area contributed by atoms with Gasteiger partial charge in [0, 0.05) is 0 Å². The number of nitrogens with zero attached hydrogens (tertiary/aromatic N) is 3. The zero-order valence-corrected chi connectivity index (χ0v) is 12.6. The molecule has 0 fully saturated rings. The number of hydrogen-bond acceptors (Lipinski definition) is 11. The molecule has 0 saturated heterocycles. The average molecular weight is 389 g/mol. The number of H-pyrrole nitrogens is 1. The second-order valence-corrected chi connectivity index (χ2v) is 3.55. The van der Waals surface area contributed by atoms with Crippen molar-refractivity contribution in [2.45, 2.75) is 0 Å². The summed E-state index contributed by atoms with van der Waals surface area (Å²) in [4.78, 5) is 35.7. The molecule has 0 aliphatic heterocycles. The quantitative estimate of drug-likeness (QED) is 0.493. The molecule has 2 rings (SSSR count). The zero-order chi connectivity index (χ0) is 17.7. The van der Waals surface area contributed by atoms with Crippen molar-refractivity contribution < 1.29 is 32.6 Å². The summed E-state index contributed by atoms with van der Waals surface area (Å²) >= 11 is 1.38. The number of rotatable bonds is 0. The van der Waals surface area contributed by atoms with E-state index in [1.165, 1.54) is 11.5 Å². The monoisotopic (exact) mass is 389 g/mol. The van der Waals surface area contributed by atoms with Gasteiger partial charge in [-0.1, -0.05) is 23.7 Å². The molecular weight excluding hydrogens is 384 g/mol. The Morgan fingerprint density at radius 3 is 1.52 bits per heavy atom. The Bertz CT molecular complexity index is 632. The van der Waals surface area contributed by atoms with Crippen LogP contribution in [0.25, 0.3) is 10.1 Å². The number of nitrogens with one attached hydrogen (secondary N) is 1. The summed E-state index contributed by atoms with van der Waals surface area (Å²) in [5, 5.41) is 45.0. The van der Waals surface area contributed by atoms with Crippen LogP contribution in [0.4, 0.5) is 0 Å². The van der Waals surface area contributed by atoms with Gasteiger partial charge in [-0.15, -0.1) is 0 Å². The van der Waals surface area contributed by atoms with Gasteiger partial charge in [-0.3, -0.25) is 9.17 Å². The van der Waals surface area contributed by atoms with E-state index < -0.39 is 15.3 Å². The van der Waals surface area contributed by atoms with E-state index in [1.807, 2.05) is 24.3 Å². The van der Waals surface area contributed by atoms with Crippen molar-refractivity contribution in [3.8, 4) is 0 Å². The van der Waals surface area contributed by atoms with E-state index in [9.17, 15) is 4.79 Å². The Kier molecular flexibility index (Phi) is 15.2. The van der Waals surface area contributed by atoms with E-state index in [1.54, 1.807) is 0 Å². The Morgan fingerprint density at radius 2 is 1.17 bits per heavy atom. The third kappa shape index (κ3) is 19.0. The normalized spacial score (nSPS) is 7.65. The smallest absolute Gasteiger partial charge is 0.356 e. The minimum atomic E-state index is -1.75. The van der Waals surface area contributed by atoms with Gasteiger partial charge in [-0.2, -0.15) is 0 Å². The molecule has 14 nitrogen and oxygen atoms in total. The predicted octanol–water partition coefficient (Wildman–Crippen LogP) is 0.870. The van der Waals surface area contributed by atoms with E-state index in [0.29, 0.717) is 0 Å². The fraction of sp³-hybridized carbons (Fsp3) is 0. The largest absolute Gasteiger partial charge is 3.00 e. The van der Waals surface area contributed by atoms with E-state index in [2.05, 4.69) is 4.37 Å². The Labute approximate surface area is 139 Å². The van der Waals surface area contributed by atoms with Crippen molar-refractivity contribution in [2.24, 2.45) is 0 Å². The standard InChI is InChI=1S/C7H5NOS.Cr.3NO3/c9-7-5-3-1-2-4-6(5)10-8-7;;3*2-1(3)4/h1-4H,(H,8,9);;;;/q;+3;3*-1. The Hall–Kier alpha value is -2.96. The number of hydrogen-bond donors (Lipinski definition) is 1. The molecule has 0 bridgehead atoms. The summed E-state index contributed by atoms with van der Waals surface area (Å²) in [5.74, 6) is 0. The molecule has 0 atom stereocenters. The summed E-state index contributed by atoms with van der Waals surface area (Å²) in [7, 11) is 0. The topological polar surface area (TPSA) is 231 Å². The van der Waals surface area contributed by atoms with E-state index in [0.717, 1.165) is 10.1 Å². The first-order valence-corrected chi connectivity index (χ1v) is 5.40. The van der Waals surface area contributed by atoms with Crippen molar-refractivity contribution >= 4 is 21.6 Å². The first-order valence-electron chi connectivity index (χ1n) is 4.58. The molecule has 0 amide bonds. The van der Waals surface area contributed by atoms with Crippen LogP contribution in [0, 0.1) is 46.0 Å². The van der Waals surface area contributed by atoms with Crippen LogP contribution in [0.5, 0.6) is 0 Å². The van der Waals surface area contributed by atoms with Gasteiger partial charge < -0.3 is 46.0 Å². The van der Waals surface area contributed by atoms with Gasteiger partial charge in [-0.25, -0.2) is 0 Å². The molecule has 1 radical (unpaired) electrons. The van der Waals surface area contributed by atoms with E-state index in [4.69, 9.17) is 46.0 Å². The number of fused-ring (bicyclic) bond motifs is 1. The second kappa shape index (κ2) is 14.0. The molecule has 0 unspecified atom stereocenters. The first-order chi connectivity index (χ1) is 10.1. The van der Waals surface area contributed by atoms with Gasteiger partial charge >= 0.3 is 17.4 Å². The molecule has 0 spiro atoms. The SMILES string of the molecule is O=[N+]([O-])[O-].O=[N+]([O-])[O-].O=[N+]([O-])[O-].O=c1[nH]sc2ccccc12.[Cr+3]. The Morgan fingerprint density at radius 1 is 0.826 bits per heavy atom. The molecule has 1 N–H and O–H groups in total. The molecule has 0 aliphatic carbocycles. The van der Waals surface area contributed by atoms with Gasteiger partial charge in [0.1, 0.15) is 0 Å². The third-order valence-electron chi connectivity index (χ3n) is 1.39. The van der Waals surface area contributed by atoms with Crippen LogP contribution in [0.1, 0.15) is 0 Å². The summed E-state index contributed by atoms with van der Waals surface area (Å²) in [6.07, 6.45) is 0. The molecular formula is C7H5CrN4O10S. The maximum absolute atomic E-state index is 10.9. The molecule has 1 aromatic carbocycles. The molecule has 1 heterocycles. The minimum absolute atomic E-state index is 0. The molecule has 0 aliphatic rings. The molecule has 2 aromatic rings. The molecule has 1 aromatic heterocycles. The number of aromatic nitrogens is 1. The van der Waals surface area contributed by atoms with Crippen molar-refractivity contribution in [1.29, 1.82) is 0 Å². The van der Waals surface area contributed by atoms with Gasteiger partial charge in [0.25, 0.3) is 5.56 Å². The van der Waals surface area contributed by atoms with Crippen LogP contribution in [-0.4, -0.2) is 19.6 Å². The first kappa shape index (κ1) is 25.0. The number of benzene rings is 1. The van der Waals surface area contributed by atoms with Gasteiger partial charge in [-0.05, 0) is 12.1 Å². The number of aromatic amines is 1. The van der Waals surface area contributed by atoms with Crippen LogP contribution in [0.15, 0.2) is 29.1 Å². The maximum atomic E-state index is 10.9. The predicted molar refractivity (Wildman–Crippen MR) is 73.5 cm³/mol.